The largest absolute Gasteiger partial charge is 0.497 e. The van der Waals surface area contributed by atoms with E-state index in [0.717, 1.165) is 12.2 Å². The highest BCUT2D eigenvalue weighted by atomic mass is 35.5. The average molecular weight is 416 g/mol. The Kier molecular flexibility index (Phi) is 7.19. The number of fused-ring (bicyclic) bond motifs is 1. The number of hydrogen-bond donors (Lipinski definition) is 4. The third-order valence-electron chi connectivity index (χ3n) is 4.02. The molecule has 0 atom stereocenters. The van der Waals surface area contributed by atoms with Gasteiger partial charge in [0.15, 0.2) is 0 Å². The number of H-pyrrole nitrogens is 1. The lowest BCUT2D eigenvalue weighted by Crippen LogP contribution is -2.33. The van der Waals surface area contributed by atoms with Crippen LogP contribution in [0.4, 0.5) is 5.95 Å². The van der Waals surface area contributed by atoms with Crippen LogP contribution in [0.5, 0.6) is 5.75 Å². The number of nitrogens with one attached hydrogen (secondary N) is 4. The Morgan fingerprint density at radius 2 is 1.96 bits per heavy atom. The van der Waals surface area contributed by atoms with Crippen molar-refractivity contribution in [1.29, 1.82) is 0 Å². The van der Waals surface area contributed by atoms with Gasteiger partial charge < -0.3 is 15.4 Å². The molecular weight excluding hydrogens is 394 g/mol. The van der Waals surface area contributed by atoms with E-state index < -0.39 is 10.0 Å². The molecule has 4 N–H and O–H groups in total. The van der Waals surface area contributed by atoms with Crippen LogP contribution >= 0.6 is 12.4 Å². The lowest BCUT2D eigenvalue weighted by Gasteiger charge is -2.16. The van der Waals surface area contributed by atoms with Crippen LogP contribution in [-0.2, 0) is 23.0 Å². The Balaban J connectivity index is 0.00000261. The summed E-state index contributed by atoms with van der Waals surface area (Å²) in [7, 11) is -2.09. The molecule has 2 heterocycles. The zero-order valence-electron chi connectivity index (χ0n) is 14.7. The summed E-state index contributed by atoms with van der Waals surface area (Å²) >= 11 is 0. The van der Waals surface area contributed by atoms with E-state index >= 15 is 0 Å². The molecule has 0 saturated carbocycles. The first kappa shape index (κ1) is 21.2. The van der Waals surface area contributed by atoms with Crippen molar-refractivity contribution in [2.75, 3.05) is 32.1 Å². The van der Waals surface area contributed by atoms with Gasteiger partial charge in [-0.1, -0.05) is 0 Å². The fourth-order valence-corrected chi connectivity index (χ4v) is 3.69. The Morgan fingerprint density at radius 3 is 2.67 bits per heavy atom. The molecule has 0 spiro atoms. The first-order chi connectivity index (χ1) is 12.5. The van der Waals surface area contributed by atoms with Crippen molar-refractivity contribution in [3.63, 3.8) is 0 Å². The summed E-state index contributed by atoms with van der Waals surface area (Å²) in [6.45, 7) is 1.74. The molecular formula is C16H22ClN5O4S. The quantitative estimate of drug-likeness (QED) is 0.477. The molecule has 1 aromatic heterocycles. The van der Waals surface area contributed by atoms with Crippen LogP contribution in [0.1, 0.15) is 11.3 Å². The van der Waals surface area contributed by atoms with Gasteiger partial charge in [0.05, 0.1) is 17.7 Å². The van der Waals surface area contributed by atoms with Crippen LogP contribution in [0.3, 0.4) is 0 Å². The Bertz CT molecular complexity index is 931. The molecule has 0 aliphatic carbocycles. The summed E-state index contributed by atoms with van der Waals surface area (Å²) in [6, 6.07) is 6.12. The van der Waals surface area contributed by atoms with Crippen molar-refractivity contribution in [2.45, 2.75) is 17.9 Å². The summed E-state index contributed by atoms with van der Waals surface area (Å²) in [4.78, 5) is 19.2. The van der Waals surface area contributed by atoms with Crippen molar-refractivity contribution in [3.05, 3.63) is 45.9 Å². The molecule has 2 aromatic rings. The molecule has 9 nitrogen and oxygen atoms in total. The van der Waals surface area contributed by atoms with E-state index in [9.17, 15) is 13.2 Å². The zero-order chi connectivity index (χ0) is 18.6. The Labute approximate surface area is 163 Å². The molecule has 0 amide bonds. The average Bonchev–Trinajstić information content (AvgIpc) is 2.65. The molecule has 0 radical (unpaired) electrons. The van der Waals surface area contributed by atoms with Gasteiger partial charge in [-0.15, -0.1) is 12.4 Å². The summed E-state index contributed by atoms with van der Waals surface area (Å²) in [5.41, 5.74) is 1.27. The highest BCUT2D eigenvalue weighted by Gasteiger charge is 2.16. The predicted octanol–water partition coefficient (Wildman–Crippen LogP) is 0.236. The third kappa shape index (κ3) is 5.19. The first-order valence-corrected chi connectivity index (χ1v) is 9.68. The molecule has 0 bridgehead atoms. The third-order valence-corrected chi connectivity index (χ3v) is 5.50. The van der Waals surface area contributed by atoms with E-state index in [4.69, 9.17) is 4.74 Å². The monoisotopic (exact) mass is 415 g/mol. The van der Waals surface area contributed by atoms with Gasteiger partial charge in [0.1, 0.15) is 5.75 Å². The molecule has 3 rings (SSSR count). The number of ether oxygens (including phenoxy) is 1. The van der Waals surface area contributed by atoms with Gasteiger partial charge in [-0.25, -0.2) is 18.1 Å². The second-order valence-electron chi connectivity index (χ2n) is 5.77. The first-order valence-electron chi connectivity index (χ1n) is 8.20. The number of halogens is 1. The number of sulfonamides is 1. The van der Waals surface area contributed by atoms with E-state index in [1.807, 2.05) is 0 Å². The van der Waals surface area contributed by atoms with Gasteiger partial charge in [-0.05, 0) is 37.2 Å². The number of benzene rings is 1. The summed E-state index contributed by atoms with van der Waals surface area (Å²) in [5.74, 6) is 0.920. The van der Waals surface area contributed by atoms with Crippen LogP contribution in [0.2, 0.25) is 0 Å². The van der Waals surface area contributed by atoms with Gasteiger partial charge in [-0.2, -0.15) is 0 Å². The van der Waals surface area contributed by atoms with E-state index in [0.29, 0.717) is 30.2 Å². The fourth-order valence-electron chi connectivity index (χ4n) is 2.66. The molecule has 27 heavy (non-hydrogen) atoms. The molecule has 11 heteroatoms. The normalized spacial score (nSPS) is 13.4. The van der Waals surface area contributed by atoms with E-state index in [1.54, 1.807) is 12.1 Å². The maximum Gasteiger partial charge on any atom is 0.255 e. The van der Waals surface area contributed by atoms with Crippen LogP contribution < -0.4 is 25.7 Å². The number of anilines is 1. The SMILES string of the molecule is COc1ccc(S(=O)(=O)NCCNc2nc3c(c(=O)[nH]2)CCNC3)cc1.Cl. The van der Waals surface area contributed by atoms with Crippen molar-refractivity contribution >= 4 is 28.4 Å². The van der Waals surface area contributed by atoms with Crippen LogP contribution in [0.25, 0.3) is 0 Å². The molecule has 1 aliphatic heterocycles. The zero-order valence-corrected chi connectivity index (χ0v) is 16.4. The Morgan fingerprint density at radius 1 is 1.22 bits per heavy atom. The fraction of sp³-hybridized carbons (Fsp3) is 0.375. The lowest BCUT2D eigenvalue weighted by atomic mass is 10.1. The molecule has 1 aliphatic rings. The van der Waals surface area contributed by atoms with Gasteiger partial charge in [0.25, 0.3) is 5.56 Å². The number of aromatic nitrogens is 2. The molecule has 1 aromatic carbocycles. The summed E-state index contributed by atoms with van der Waals surface area (Å²) < 4.78 is 32.0. The summed E-state index contributed by atoms with van der Waals surface area (Å²) in [5, 5.41) is 6.10. The standard InChI is InChI=1S/C16H21N5O4S.ClH/c1-25-11-2-4-12(5-3-11)26(23,24)19-9-8-18-16-20-14-10-17-7-6-13(14)15(22)21-16;/h2-5,17,19H,6-10H2,1H3,(H2,18,20,21,22);1H. The van der Waals surface area contributed by atoms with E-state index in [1.165, 1.54) is 19.2 Å². The lowest BCUT2D eigenvalue weighted by molar-refractivity contribution is 0.414. The maximum absolute atomic E-state index is 12.2. The molecule has 0 saturated heterocycles. The van der Waals surface area contributed by atoms with Gasteiger partial charge in [0, 0.05) is 25.2 Å². The Hall–Kier alpha value is -2.14. The van der Waals surface area contributed by atoms with E-state index in [2.05, 4.69) is 25.3 Å². The molecule has 0 fully saturated rings. The number of aromatic amines is 1. The molecule has 148 valence electrons. The van der Waals surface area contributed by atoms with Crippen LogP contribution in [0, 0.1) is 0 Å². The second-order valence-corrected chi connectivity index (χ2v) is 7.53. The minimum Gasteiger partial charge on any atom is -0.497 e. The van der Waals surface area contributed by atoms with Gasteiger partial charge in [-0.3, -0.25) is 9.78 Å². The number of hydrogen-bond acceptors (Lipinski definition) is 7. The van der Waals surface area contributed by atoms with Crippen LogP contribution in [-0.4, -0.2) is 45.1 Å². The topological polar surface area (TPSA) is 125 Å². The van der Waals surface area contributed by atoms with E-state index in [-0.39, 0.29) is 36.0 Å². The van der Waals surface area contributed by atoms with Crippen LogP contribution in [0.15, 0.2) is 34.0 Å². The number of methoxy groups -OCH3 is 1. The maximum atomic E-state index is 12.2. The summed E-state index contributed by atoms with van der Waals surface area (Å²) in [6.07, 6.45) is 0.652. The predicted molar refractivity (Wildman–Crippen MR) is 104 cm³/mol. The smallest absolute Gasteiger partial charge is 0.255 e. The van der Waals surface area contributed by atoms with Crippen molar-refractivity contribution in [2.24, 2.45) is 0 Å². The highest BCUT2D eigenvalue weighted by Crippen LogP contribution is 2.15. The second kappa shape index (κ2) is 9.18. The number of rotatable bonds is 7. The highest BCUT2D eigenvalue weighted by molar-refractivity contribution is 7.89. The number of nitrogens with zero attached hydrogens (tertiary/aromatic N) is 1. The van der Waals surface area contributed by atoms with Gasteiger partial charge >= 0.3 is 0 Å². The van der Waals surface area contributed by atoms with Crippen molar-refractivity contribution in [1.82, 2.24) is 20.0 Å². The van der Waals surface area contributed by atoms with Gasteiger partial charge in [0.2, 0.25) is 16.0 Å². The minimum atomic E-state index is -3.61. The van der Waals surface area contributed by atoms with Crippen molar-refractivity contribution in [3.8, 4) is 5.75 Å². The minimum absolute atomic E-state index is 0. The van der Waals surface area contributed by atoms with Crippen molar-refractivity contribution < 1.29 is 13.2 Å². The molecule has 0 unspecified atom stereocenters.